The van der Waals surface area contributed by atoms with Gasteiger partial charge >= 0.3 is 6.18 Å². The molecule has 0 saturated carbocycles. The van der Waals surface area contributed by atoms with Crippen LogP contribution in [0.4, 0.5) is 24.7 Å². The highest BCUT2D eigenvalue weighted by molar-refractivity contribution is 7.92. The maximum absolute atomic E-state index is 12.6. The van der Waals surface area contributed by atoms with Gasteiger partial charge in [-0.1, -0.05) is 6.07 Å². The average Bonchev–Trinajstić information content (AvgIpc) is 2.68. The van der Waals surface area contributed by atoms with E-state index in [1.807, 2.05) is 4.72 Å². The molecule has 2 aromatic rings. The molecule has 1 aromatic carbocycles. The first-order valence-corrected chi connectivity index (χ1v) is 7.06. The summed E-state index contributed by atoms with van der Waals surface area (Å²) in [5.74, 6) is -0.239. The van der Waals surface area contributed by atoms with Crippen LogP contribution < -0.4 is 10.5 Å². The summed E-state index contributed by atoms with van der Waals surface area (Å²) in [7, 11) is -2.73. The number of imidazole rings is 1. The third-order valence-electron chi connectivity index (χ3n) is 2.61. The molecule has 1 aromatic heterocycles. The lowest BCUT2D eigenvalue weighted by Gasteiger charge is -2.11. The Morgan fingerprint density at radius 1 is 1.33 bits per heavy atom. The van der Waals surface area contributed by atoms with Crippen LogP contribution in [0.5, 0.6) is 0 Å². The molecule has 6 nitrogen and oxygen atoms in total. The normalized spacial score (nSPS) is 12.4. The monoisotopic (exact) mass is 320 g/mol. The van der Waals surface area contributed by atoms with E-state index in [1.54, 1.807) is 0 Å². The van der Waals surface area contributed by atoms with Gasteiger partial charge in [0, 0.05) is 12.7 Å². The van der Waals surface area contributed by atoms with Crippen LogP contribution in [0.3, 0.4) is 0 Å². The highest BCUT2D eigenvalue weighted by Crippen LogP contribution is 2.31. The van der Waals surface area contributed by atoms with E-state index in [-0.39, 0.29) is 16.5 Å². The molecule has 10 heteroatoms. The second kappa shape index (κ2) is 4.95. The molecule has 0 saturated heterocycles. The molecule has 1 heterocycles. The molecule has 3 N–H and O–H groups in total. The zero-order valence-corrected chi connectivity index (χ0v) is 11.5. The quantitative estimate of drug-likeness (QED) is 0.902. The summed E-state index contributed by atoms with van der Waals surface area (Å²) < 4.78 is 65.2. The van der Waals surface area contributed by atoms with Crippen LogP contribution in [0.2, 0.25) is 0 Å². The maximum atomic E-state index is 12.6. The van der Waals surface area contributed by atoms with Crippen molar-refractivity contribution in [3.63, 3.8) is 0 Å². The van der Waals surface area contributed by atoms with Gasteiger partial charge in [-0.3, -0.25) is 4.72 Å². The third kappa shape index (κ3) is 3.10. The zero-order chi connectivity index (χ0) is 15.8. The van der Waals surface area contributed by atoms with E-state index in [2.05, 4.69) is 4.98 Å². The van der Waals surface area contributed by atoms with Crippen molar-refractivity contribution in [2.75, 3.05) is 10.5 Å². The van der Waals surface area contributed by atoms with Crippen molar-refractivity contribution in [3.8, 4) is 0 Å². The van der Waals surface area contributed by atoms with Crippen LogP contribution in [0.1, 0.15) is 5.56 Å². The van der Waals surface area contributed by atoms with Crippen LogP contribution in [-0.2, 0) is 23.2 Å². The minimum atomic E-state index is -4.56. The summed E-state index contributed by atoms with van der Waals surface area (Å²) in [4.78, 5) is 3.62. The molecule has 21 heavy (non-hydrogen) atoms. The Labute approximate surface area is 118 Å². The number of hydrogen-bond donors (Lipinski definition) is 2. The fraction of sp³-hybridized carbons (Fsp3) is 0.182. The summed E-state index contributed by atoms with van der Waals surface area (Å²) in [6, 6.07) is 3.85. The Bertz CT molecular complexity index is 749. The van der Waals surface area contributed by atoms with Crippen LogP contribution >= 0.6 is 0 Å². The van der Waals surface area contributed by atoms with Crippen molar-refractivity contribution in [2.45, 2.75) is 11.2 Å². The number of hydrogen-bond acceptors (Lipinski definition) is 4. The number of anilines is 2. The number of halogens is 3. The molecular formula is C11H11F3N4O2S. The van der Waals surface area contributed by atoms with Crippen LogP contribution in [-0.4, -0.2) is 18.0 Å². The van der Waals surface area contributed by atoms with Gasteiger partial charge in [-0.05, 0) is 18.2 Å². The summed E-state index contributed by atoms with van der Waals surface area (Å²) in [5, 5.41) is -0.320. The van der Waals surface area contributed by atoms with E-state index in [9.17, 15) is 21.6 Å². The number of alkyl halides is 3. The van der Waals surface area contributed by atoms with Crippen LogP contribution in [0.15, 0.2) is 35.6 Å². The van der Waals surface area contributed by atoms with E-state index >= 15 is 0 Å². The highest BCUT2D eigenvalue weighted by Gasteiger charge is 2.31. The van der Waals surface area contributed by atoms with Crippen molar-refractivity contribution < 1.29 is 21.6 Å². The number of rotatable bonds is 3. The van der Waals surface area contributed by atoms with Gasteiger partial charge in [0.1, 0.15) is 0 Å². The second-order valence-electron chi connectivity index (χ2n) is 4.23. The predicted molar refractivity (Wildman–Crippen MR) is 69.9 cm³/mol. The first-order chi connectivity index (χ1) is 9.61. The average molecular weight is 320 g/mol. The molecule has 0 unspecified atom stereocenters. The second-order valence-corrected chi connectivity index (χ2v) is 5.83. The Kier molecular flexibility index (Phi) is 3.58. The largest absolute Gasteiger partial charge is 0.416 e. The number of nitrogens with zero attached hydrogens (tertiary/aromatic N) is 2. The van der Waals surface area contributed by atoms with Crippen molar-refractivity contribution >= 4 is 21.5 Å². The summed E-state index contributed by atoms with van der Waals surface area (Å²) in [6.07, 6.45) is -3.37. The number of nitrogens with one attached hydrogen (secondary N) is 1. The molecule has 0 bridgehead atoms. The zero-order valence-electron chi connectivity index (χ0n) is 10.7. The minimum absolute atomic E-state index is 0.217. The number of sulfonamides is 1. The van der Waals surface area contributed by atoms with Gasteiger partial charge in [-0.25, -0.2) is 4.98 Å². The molecular weight excluding hydrogens is 309 g/mol. The molecule has 0 fully saturated rings. The molecule has 0 atom stereocenters. The van der Waals surface area contributed by atoms with Crippen molar-refractivity contribution in [2.24, 2.45) is 7.05 Å². The highest BCUT2D eigenvalue weighted by atomic mass is 32.2. The van der Waals surface area contributed by atoms with Crippen molar-refractivity contribution in [3.05, 3.63) is 36.2 Å². The third-order valence-corrected chi connectivity index (χ3v) is 4.12. The predicted octanol–water partition coefficient (Wildman–Crippen LogP) is 1.82. The lowest BCUT2D eigenvalue weighted by molar-refractivity contribution is -0.137. The fourth-order valence-corrected chi connectivity index (χ4v) is 3.02. The SMILES string of the molecule is Cn1cnc(N)c1S(=O)(=O)Nc1cccc(C(F)(F)F)c1. The summed E-state index contributed by atoms with van der Waals surface area (Å²) >= 11 is 0. The van der Waals surface area contributed by atoms with E-state index in [0.717, 1.165) is 16.7 Å². The molecule has 0 aliphatic heterocycles. The molecule has 0 radical (unpaired) electrons. The van der Waals surface area contributed by atoms with Crippen molar-refractivity contribution in [1.29, 1.82) is 0 Å². The van der Waals surface area contributed by atoms with Crippen LogP contribution in [0.25, 0.3) is 0 Å². The van der Waals surface area contributed by atoms with Gasteiger partial charge in [-0.2, -0.15) is 21.6 Å². The Morgan fingerprint density at radius 3 is 2.52 bits per heavy atom. The molecule has 0 aliphatic carbocycles. The number of aryl methyl sites for hydroxylation is 1. The van der Waals surface area contributed by atoms with Gasteiger partial charge in [-0.15, -0.1) is 0 Å². The van der Waals surface area contributed by atoms with Gasteiger partial charge in [0.25, 0.3) is 10.0 Å². The molecule has 0 spiro atoms. The van der Waals surface area contributed by atoms with Gasteiger partial charge < -0.3 is 10.3 Å². The first-order valence-electron chi connectivity index (χ1n) is 5.58. The lowest BCUT2D eigenvalue weighted by atomic mass is 10.2. The molecule has 114 valence electrons. The van der Waals surface area contributed by atoms with Crippen molar-refractivity contribution in [1.82, 2.24) is 9.55 Å². The van der Waals surface area contributed by atoms with E-state index < -0.39 is 21.8 Å². The van der Waals surface area contributed by atoms with E-state index in [1.165, 1.54) is 19.4 Å². The fourth-order valence-electron chi connectivity index (χ4n) is 1.73. The standard InChI is InChI=1S/C11H11F3N4O2S/c1-18-6-16-9(15)10(18)21(19,20)17-8-4-2-3-7(5-8)11(12,13)14/h2-6,17H,15H2,1H3. The Balaban J connectivity index is 2.38. The molecule has 2 rings (SSSR count). The summed E-state index contributed by atoms with van der Waals surface area (Å²) in [5.41, 5.74) is 4.27. The Morgan fingerprint density at radius 2 is 2.00 bits per heavy atom. The topological polar surface area (TPSA) is 90.0 Å². The van der Waals surface area contributed by atoms with Gasteiger partial charge in [0.2, 0.25) is 0 Å². The van der Waals surface area contributed by atoms with E-state index in [4.69, 9.17) is 5.73 Å². The smallest absolute Gasteiger partial charge is 0.381 e. The van der Waals surface area contributed by atoms with E-state index in [0.29, 0.717) is 6.07 Å². The molecule has 0 aliphatic rings. The molecule has 0 amide bonds. The van der Waals surface area contributed by atoms with Gasteiger partial charge in [0.05, 0.1) is 11.9 Å². The maximum Gasteiger partial charge on any atom is 0.416 e. The number of nitrogens with two attached hydrogens (primary N) is 1. The number of benzene rings is 1. The first kappa shape index (κ1) is 15.2. The summed E-state index contributed by atoms with van der Waals surface area (Å²) in [6.45, 7) is 0. The van der Waals surface area contributed by atoms with Gasteiger partial charge in [0.15, 0.2) is 10.8 Å². The van der Waals surface area contributed by atoms with Crippen LogP contribution in [0, 0.1) is 0 Å². The lowest BCUT2D eigenvalue weighted by Crippen LogP contribution is -2.18. The minimum Gasteiger partial charge on any atom is -0.381 e. The number of aromatic nitrogens is 2. The number of nitrogen functional groups attached to an aromatic ring is 1. The Hall–Kier alpha value is -2.23.